The van der Waals surface area contributed by atoms with Crippen LogP contribution in [0.15, 0.2) is 0 Å². The quantitative estimate of drug-likeness (QED) is 0.532. The van der Waals surface area contributed by atoms with Crippen LogP contribution in [-0.2, 0) is 14.4 Å². The monoisotopic (exact) mass is 443 g/mol. The molecule has 0 radical (unpaired) electrons. The zero-order valence-electron chi connectivity index (χ0n) is 21.2. The summed E-state index contributed by atoms with van der Waals surface area (Å²) < 4.78 is 0. The predicted molar refractivity (Wildman–Crippen MR) is 127 cm³/mol. The number of likely N-dealkylation sites (tertiary alicyclic amines) is 1. The van der Waals surface area contributed by atoms with Crippen LogP contribution in [0.3, 0.4) is 0 Å². The van der Waals surface area contributed by atoms with E-state index < -0.39 is 24.1 Å². The Morgan fingerprint density at radius 1 is 1.06 bits per heavy atom. The number of nitrogens with one attached hydrogen (secondary N) is 1. The molecule has 2 aliphatic rings. The lowest BCUT2D eigenvalue weighted by atomic mass is 10.0. The molecule has 3 unspecified atom stereocenters. The minimum atomic E-state index is -1.39. The first-order valence-corrected chi connectivity index (χ1v) is 12.3. The first-order chi connectivity index (χ1) is 14.7. The minimum Gasteiger partial charge on any atom is -0.381 e. The first-order valence-electron chi connectivity index (χ1n) is 12.3. The van der Waals surface area contributed by atoms with E-state index >= 15 is 0 Å². The summed E-state index contributed by atoms with van der Waals surface area (Å²) in [6.07, 6.45) is 4.30. The minimum absolute atomic E-state index is 0.0168. The number of nitrogens with zero attached hydrogens (tertiary/aromatic N) is 1. The molecular formula is C24H49N3O4. The number of aliphatic hydroxyl groups is 1. The average Bonchev–Trinajstić information content (AvgIpc) is 3.41. The lowest BCUT2D eigenvalue weighted by Gasteiger charge is -2.28. The van der Waals surface area contributed by atoms with Crippen LogP contribution >= 0.6 is 0 Å². The van der Waals surface area contributed by atoms with Crippen molar-refractivity contribution in [1.29, 1.82) is 0 Å². The van der Waals surface area contributed by atoms with Gasteiger partial charge in [0.05, 0.1) is 6.04 Å². The van der Waals surface area contributed by atoms with Crippen molar-refractivity contribution in [2.75, 3.05) is 6.54 Å². The van der Waals surface area contributed by atoms with E-state index in [1.807, 2.05) is 41.5 Å². The summed E-state index contributed by atoms with van der Waals surface area (Å²) in [6, 6.07) is -1.19. The van der Waals surface area contributed by atoms with Gasteiger partial charge in [-0.1, -0.05) is 74.7 Å². The van der Waals surface area contributed by atoms with Crippen LogP contribution in [-0.4, -0.2) is 52.5 Å². The third kappa shape index (κ3) is 12.7. The Morgan fingerprint density at radius 3 is 2.00 bits per heavy atom. The number of hydrogen-bond acceptors (Lipinski definition) is 4. The third-order valence-electron chi connectivity index (χ3n) is 4.74. The number of rotatable bonds is 8. The second-order valence-electron chi connectivity index (χ2n) is 8.19. The second kappa shape index (κ2) is 18.0. The van der Waals surface area contributed by atoms with Gasteiger partial charge in [0.15, 0.2) is 6.10 Å². The summed E-state index contributed by atoms with van der Waals surface area (Å²) in [5.74, 6) is -0.486. The molecule has 2 fully saturated rings. The van der Waals surface area contributed by atoms with Crippen molar-refractivity contribution in [3.63, 3.8) is 0 Å². The van der Waals surface area contributed by atoms with Crippen LogP contribution in [0, 0.1) is 11.8 Å². The Labute approximate surface area is 190 Å². The molecule has 2 rings (SSSR count). The molecule has 31 heavy (non-hydrogen) atoms. The van der Waals surface area contributed by atoms with Crippen LogP contribution < -0.4 is 11.1 Å². The summed E-state index contributed by atoms with van der Waals surface area (Å²) >= 11 is 0. The van der Waals surface area contributed by atoms with E-state index in [1.54, 1.807) is 4.90 Å². The molecule has 1 saturated carbocycles. The maximum atomic E-state index is 12.6. The molecule has 0 spiro atoms. The lowest BCUT2D eigenvalue weighted by Crippen LogP contribution is -2.54. The van der Waals surface area contributed by atoms with Gasteiger partial charge in [-0.25, -0.2) is 0 Å². The number of hydrogen-bond donors (Lipinski definition) is 3. The maximum Gasteiger partial charge on any atom is 0.248 e. The molecule has 3 atom stereocenters. The van der Waals surface area contributed by atoms with Gasteiger partial charge in [-0.2, -0.15) is 0 Å². The van der Waals surface area contributed by atoms with Gasteiger partial charge in [0.2, 0.25) is 17.7 Å². The molecule has 1 aliphatic heterocycles. The highest BCUT2D eigenvalue weighted by Crippen LogP contribution is 2.34. The summed E-state index contributed by atoms with van der Waals surface area (Å²) in [5, 5.41) is 12.7. The molecule has 0 bridgehead atoms. The number of amides is 3. The standard InChI is InChI=1S/C17H29N3O4.C3H8.2C2H6/c1-10(2)8-14(21)20-7-3-4-13(20)17(24)19-12(9-11-5-6-11)15(22)16(18)23;1-3-2;2*1-2/h10-13,15,22H,3-9H2,1-2H3,(H2,18,23)(H,19,24);3H2,1-2H3;2*1-2H3. The van der Waals surface area contributed by atoms with Crippen molar-refractivity contribution < 1.29 is 19.5 Å². The van der Waals surface area contributed by atoms with E-state index in [1.165, 1.54) is 6.42 Å². The highest BCUT2D eigenvalue weighted by molar-refractivity contribution is 5.89. The topological polar surface area (TPSA) is 113 Å². The van der Waals surface area contributed by atoms with Gasteiger partial charge in [0.1, 0.15) is 6.04 Å². The summed E-state index contributed by atoms with van der Waals surface area (Å²) in [5.41, 5.74) is 5.19. The van der Waals surface area contributed by atoms with E-state index in [0.717, 1.165) is 19.3 Å². The molecule has 0 aromatic rings. The van der Waals surface area contributed by atoms with E-state index in [2.05, 4.69) is 19.2 Å². The SMILES string of the molecule is CC.CC.CC(C)CC(=O)N1CCCC1C(=O)NC(CC1CC1)C(O)C(N)=O.CCC. The Hall–Kier alpha value is -1.63. The van der Waals surface area contributed by atoms with Crippen LogP contribution in [0.4, 0.5) is 0 Å². The van der Waals surface area contributed by atoms with Gasteiger partial charge in [-0.15, -0.1) is 0 Å². The Balaban J connectivity index is 0. The number of carbonyl (C=O) groups is 3. The van der Waals surface area contributed by atoms with Gasteiger partial charge in [-0.05, 0) is 31.1 Å². The fourth-order valence-corrected chi connectivity index (χ4v) is 3.26. The number of aliphatic hydroxyl groups excluding tert-OH is 1. The summed E-state index contributed by atoms with van der Waals surface area (Å²) in [7, 11) is 0. The van der Waals surface area contributed by atoms with Gasteiger partial charge in [-0.3, -0.25) is 14.4 Å². The normalized spacial score (nSPS) is 18.9. The average molecular weight is 444 g/mol. The first kappa shape index (κ1) is 31.6. The number of nitrogens with two attached hydrogens (primary N) is 1. The van der Waals surface area contributed by atoms with E-state index in [-0.39, 0.29) is 17.7 Å². The Kier molecular flexibility index (Phi) is 18.3. The number of carbonyl (C=O) groups excluding carboxylic acids is 3. The van der Waals surface area contributed by atoms with Gasteiger partial charge < -0.3 is 21.1 Å². The van der Waals surface area contributed by atoms with Crippen LogP contribution in [0.25, 0.3) is 0 Å². The van der Waals surface area contributed by atoms with Crippen LogP contribution in [0.2, 0.25) is 0 Å². The Morgan fingerprint density at radius 2 is 1.58 bits per heavy atom. The molecule has 0 aromatic heterocycles. The van der Waals surface area contributed by atoms with Crippen molar-refractivity contribution in [1.82, 2.24) is 10.2 Å². The largest absolute Gasteiger partial charge is 0.381 e. The molecule has 4 N–H and O–H groups in total. The van der Waals surface area contributed by atoms with Crippen molar-refractivity contribution in [3.05, 3.63) is 0 Å². The molecule has 1 saturated heterocycles. The zero-order valence-corrected chi connectivity index (χ0v) is 21.2. The smallest absolute Gasteiger partial charge is 0.248 e. The molecule has 1 aliphatic carbocycles. The van der Waals surface area contributed by atoms with Gasteiger partial charge >= 0.3 is 0 Å². The number of primary amides is 1. The molecule has 3 amide bonds. The van der Waals surface area contributed by atoms with Gasteiger partial charge in [0, 0.05) is 13.0 Å². The molecular weight excluding hydrogens is 394 g/mol. The highest BCUT2D eigenvalue weighted by atomic mass is 16.3. The van der Waals surface area contributed by atoms with Crippen molar-refractivity contribution in [2.45, 2.75) is 119 Å². The van der Waals surface area contributed by atoms with Crippen LogP contribution in [0.1, 0.15) is 100 Å². The van der Waals surface area contributed by atoms with E-state index in [4.69, 9.17) is 5.73 Å². The zero-order chi connectivity index (χ0) is 24.6. The van der Waals surface area contributed by atoms with E-state index in [0.29, 0.717) is 31.7 Å². The Bertz CT molecular complexity index is 507. The molecule has 7 nitrogen and oxygen atoms in total. The van der Waals surface area contributed by atoms with Crippen molar-refractivity contribution >= 4 is 17.7 Å². The van der Waals surface area contributed by atoms with E-state index in [9.17, 15) is 19.5 Å². The molecule has 184 valence electrons. The second-order valence-corrected chi connectivity index (χ2v) is 8.19. The molecule has 1 heterocycles. The third-order valence-corrected chi connectivity index (χ3v) is 4.74. The summed E-state index contributed by atoms with van der Waals surface area (Å²) in [4.78, 5) is 37.8. The van der Waals surface area contributed by atoms with Crippen molar-refractivity contribution in [3.8, 4) is 0 Å². The summed E-state index contributed by atoms with van der Waals surface area (Å²) in [6.45, 7) is 16.8. The maximum absolute atomic E-state index is 12.6. The fraction of sp³-hybridized carbons (Fsp3) is 0.875. The fourth-order valence-electron chi connectivity index (χ4n) is 3.26. The van der Waals surface area contributed by atoms with Crippen molar-refractivity contribution in [2.24, 2.45) is 17.6 Å². The highest BCUT2D eigenvalue weighted by Gasteiger charge is 2.38. The predicted octanol–water partition coefficient (Wildman–Crippen LogP) is 3.62. The van der Waals surface area contributed by atoms with Gasteiger partial charge in [0.25, 0.3) is 0 Å². The van der Waals surface area contributed by atoms with Crippen LogP contribution in [0.5, 0.6) is 0 Å². The lowest BCUT2D eigenvalue weighted by molar-refractivity contribution is -0.140. The molecule has 0 aromatic carbocycles. The molecule has 7 heteroatoms.